The maximum absolute atomic E-state index is 2.53. The molecule has 1 heterocycles. The van der Waals surface area contributed by atoms with Crippen molar-refractivity contribution in [2.45, 2.75) is 10.8 Å². The van der Waals surface area contributed by atoms with E-state index in [9.17, 15) is 0 Å². The third-order valence-corrected chi connectivity index (χ3v) is 17.1. The van der Waals surface area contributed by atoms with Crippen molar-refractivity contribution in [3.8, 4) is 50.2 Å². The average molecular weight is 965 g/mol. The van der Waals surface area contributed by atoms with E-state index in [2.05, 4.69) is 301 Å². The van der Waals surface area contributed by atoms with Gasteiger partial charge in [-0.25, -0.2) is 0 Å². The number of aromatic nitrogens is 1. The zero-order valence-corrected chi connectivity index (χ0v) is 41.6. The van der Waals surface area contributed by atoms with Crippen LogP contribution >= 0.6 is 0 Å². The molecule has 0 aliphatic heterocycles. The Morgan fingerprint density at radius 2 is 0.711 bits per heavy atom. The minimum absolute atomic E-state index is 0.479. The molecule has 3 aliphatic carbocycles. The molecule has 354 valence electrons. The molecule has 2 heteroatoms. The van der Waals surface area contributed by atoms with E-state index in [1.54, 1.807) is 0 Å². The SMILES string of the molecule is c1ccc(-c2ccc(N(c3ccc4c(c3)c3cc(C5(c6ccccc6)c6ccccc6-c6ccccc65)ccc3n4-c3ccccc3)c3cccc4c3-c3ccccc3C43c4ccccc4-c4ccccc43)cc2)cc1. The van der Waals surface area contributed by atoms with E-state index >= 15 is 0 Å². The highest BCUT2D eigenvalue weighted by Gasteiger charge is 2.52. The summed E-state index contributed by atoms with van der Waals surface area (Å²) in [6.45, 7) is 0. The normalized spacial score (nSPS) is 13.7. The molecule has 0 radical (unpaired) electrons. The molecule has 0 saturated carbocycles. The van der Waals surface area contributed by atoms with Gasteiger partial charge in [-0.2, -0.15) is 0 Å². The van der Waals surface area contributed by atoms with E-state index in [1.165, 1.54) is 105 Å². The lowest BCUT2D eigenvalue weighted by Crippen LogP contribution is -2.28. The van der Waals surface area contributed by atoms with Crippen LogP contribution in [0.3, 0.4) is 0 Å². The van der Waals surface area contributed by atoms with Crippen molar-refractivity contribution in [1.82, 2.24) is 4.57 Å². The lowest BCUT2D eigenvalue weighted by Gasteiger charge is -2.34. The molecule has 3 aliphatic rings. The molecule has 0 atom stereocenters. The van der Waals surface area contributed by atoms with Gasteiger partial charge in [0.25, 0.3) is 0 Å². The van der Waals surface area contributed by atoms with Crippen LogP contribution in [0.5, 0.6) is 0 Å². The van der Waals surface area contributed by atoms with E-state index in [0.29, 0.717) is 0 Å². The van der Waals surface area contributed by atoms with Gasteiger partial charge in [-0.3, -0.25) is 0 Å². The first-order valence-electron chi connectivity index (χ1n) is 26.5. The second-order valence-electron chi connectivity index (χ2n) is 20.6. The summed E-state index contributed by atoms with van der Waals surface area (Å²) in [6, 6.07) is 109. The molecule has 1 spiro atoms. The van der Waals surface area contributed by atoms with Crippen LogP contribution in [0.2, 0.25) is 0 Å². The van der Waals surface area contributed by atoms with Gasteiger partial charge in [0.2, 0.25) is 0 Å². The van der Waals surface area contributed by atoms with Crippen molar-refractivity contribution in [2.75, 3.05) is 4.90 Å². The lowest BCUT2D eigenvalue weighted by atomic mass is 9.67. The third kappa shape index (κ3) is 5.76. The molecule has 0 amide bonds. The van der Waals surface area contributed by atoms with Crippen molar-refractivity contribution in [2.24, 2.45) is 0 Å². The van der Waals surface area contributed by atoms with Gasteiger partial charge >= 0.3 is 0 Å². The third-order valence-electron chi connectivity index (χ3n) is 17.1. The predicted molar refractivity (Wildman–Crippen MR) is 315 cm³/mol. The summed E-state index contributed by atoms with van der Waals surface area (Å²) in [4.78, 5) is 2.53. The van der Waals surface area contributed by atoms with E-state index in [-0.39, 0.29) is 0 Å². The van der Waals surface area contributed by atoms with Crippen LogP contribution in [-0.4, -0.2) is 4.57 Å². The van der Waals surface area contributed by atoms with Crippen LogP contribution in [0.15, 0.2) is 291 Å². The summed E-state index contributed by atoms with van der Waals surface area (Å²) in [5, 5.41) is 2.39. The number of nitrogens with zero attached hydrogens (tertiary/aromatic N) is 2. The molecule has 0 bridgehead atoms. The van der Waals surface area contributed by atoms with Gasteiger partial charge in [-0.05, 0) is 144 Å². The summed E-state index contributed by atoms with van der Waals surface area (Å²) in [5.74, 6) is 0. The Morgan fingerprint density at radius 3 is 1.30 bits per heavy atom. The van der Waals surface area contributed by atoms with E-state index in [0.717, 1.165) is 28.3 Å². The minimum atomic E-state index is -0.542. The molecule has 0 fully saturated rings. The first-order chi connectivity index (χ1) is 37.7. The fourth-order valence-corrected chi connectivity index (χ4v) is 14.1. The number of para-hydroxylation sites is 1. The highest BCUT2D eigenvalue weighted by Crippen LogP contribution is 2.65. The summed E-state index contributed by atoms with van der Waals surface area (Å²) in [5.41, 5.74) is 26.3. The Labute approximate surface area is 442 Å². The highest BCUT2D eigenvalue weighted by molar-refractivity contribution is 6.12. The fourth-order valence-electron chi connectivity index (χ4n) is 14.1. The Kier molecular flexibility index (Phi) is 9.20. The summed E-state index contributed by atoms with van der Waals surface area (Å²) < 4.78 is 2.46. The lowest BCUT2D eigenvalue weighted by molar-refractivity contribution is 0.770. The largest absolute Gasteiger partial charge is 0.310 e. The summed E-state index contributed by atoms with van der Waals surface area (Å²) in [7, 11) is 0. The molecule has 12 aromatic carbocycles. The average Bonchev–Trinajstić information content (AvgIpc) is 4.29. The van der Waals surface area contributed by atoms with E-state index < -0.39 is 10.8 Å². The summed E-state index contributed by atoms with van der Waals surface area (Å²) >= 11 is 0. The molecular weight excluding hydrogens is 917 g/mol. The molecular formula is C74H48N2. The van der Waals surface area contributed by atoms with E-state index in [1.807, 2.05) is 0 Å². The van der Waals surface area contributed by atoms with Crippen LogP contribution in [-0.2, 0) is 10.8 Å². The van der Waals surface area contributed by atoms with Crippen molar-refractivity contribution < 1.29 is 0 Å². The minimum Gasteiger partial charge on any atom is -0.310 e. The maximum atomic E-state index is 2.53. The van der Waals surface area contributed by atoms with Gasteiger partial charge in [-0.15, -0.1) is 0 Å². The van der Waals surface area contributed by atoms with Gasteiger partial charge in [0.15, 0.2) is 0 Å². The molecule has 13 aromatic rings. The second kappa shape index (κ2) is 16.4. The zero-order valence-electron chi connectivity index (χ0n) is 41.6. The Bertz CT molecular complexity index is 4360. The van der Waals surface area contributed by atoms with Crippen molar-refractivity contribution in [3.63, 3.8) is 0 Å². The first kappa shape index (κ1) is 42.7. The van der Waals surface area contributed by atoms with Gasteiger partial charge in [0.1, 0.15) is 0 Å². The van der Waals surface area contributed by atoms with Crippen LogP contribution in [0.4, 0.5) is 17.1 Å². The number of rotatable bonds is 7. The molecule has 0 N–H and O–H groups in total. The number of hydrogen-bond acceptors (Lipinski definition) is 1. The predicted octanol–water partition coefficient (Wildman–Crippen LogP) is 18.6. The Hall–Kier alpha value is -9.76. The van der Waals surface area contributed by atoms with Crippen LogP contribution in [0.1, 0.15) is 44.5 Å². The van der Waals surface area contributed by atoms with E-state index in [4.69, 9.17) is 0 Å². The number of benzene rings is 12. The molecule has 1 aromatic heterocycles. The van der Waals surface area contributed by atoms with Gasteiger partial charge < -0.3 is 9.47 Å². The van der Waals surface area contributed by atoms with Gasteiger partial charge in [0.05, 0.1) is 27.6 Å². The van der Waals surface area contributed by atoms with Gasteiger partial charge in [-0.1, -0.05) is 231 Å². The molecule has 0 unspecified atom stereocenters. The van der Waals surface area contributed by atoms with Crippen LogP contribution < -0.4 is 4.90 Å². The van der Waals surface area contributed by atoms with Crippen LogP contribution in [0, 0.1) is 0 Å². The van der Waals surface area contributed by atoms with Gasteiger partial charge in [0, 0.05) is 33.4 Å². The quantitative estimate of drug-likeness (QED) is 0.155. The monoisotopic (exact) mass is 964 g/mol. The van der Waals surface area contributed by atoms with Crippen molar-refractivity contribution in [3.05, 3.63) is 336 Å². The molecule has 2 nitrogen and oxygen atoms in total. The topological polar surface area (TPSA) is 8.17 Å². The smallest absolute Gasteiger partial charge is 0.0726 e. The van der Waals surface area contributed by atoms with Crippen molar-refractivity contribution >= 4 is 38.9 Å². The first-order valence-corrected chi connectivity index (χ1v) is 26.5. The Morgan fingerprint density at radius 1 is 0.276 bits per heavy atom. The van der Waals surface area contributed by atoms with Crippen LogP contribution in [0.25, 0.3) is 72.0 Å². The molecule has 76 heavy (non-hydrogen) atoms. The standard InChI is InChI=1S/C74H48N2/c1-4-21-49(22-5-1)50-39-42-54(43-40-50)75(71-38-20-37-68-72(71)60-31-14-19-36-67(60)74(68)65-34-17-12-29-58(65)59-30-13-18-35-66(59)74)55-44-46-70-62(48-55)61-47-52(41-45-69(61)76(70)53-25-8-3-9-26-53)73(51-23-6-2-7-24-51)63-32-15-10-27-56(63)57-28-11-16-33-64(57)73/h1-48H. The number of anilines is 3. The Balaban J connectivity index is 0.979. The molecule has 16 rings (SSSR count). The summed E-state index contributed by atoms with van der Waals surface area (Å²) in [6.07, 6.45) is 0. The maximum Gasteiger partial charge on any atom is 0.0726 e. The fraction of sp³-hybridized carbons (Fsp3) is 0.0270. The number of hydrogen-bond donors (Lipinski definition) is 0. The number of fused-ring (bicyclic) bond motifs is 16. The zero-order chi connectivity index (χ0) is 50.0. The van der Waals surface area contributed by atoms with Crippen molar-refractivity contribution in [1.29, 1.82) is 0 Å². The molecule has 0 saturated heterocycles. The second-order valence-corrected chi connectivity index (χ2v) is 20.6. The highest BCUT2D eigenvalue weighted by atomic mass is 15.1.